The molecule has 17 heavy (non-hydrogen) atoms. The van der Waals surface area contributed by atoms with E-state index in [2.05, 4.69) is 24.5 Å². The smallest absolute Gasteiger partial charge is 0.0469 e. The monoisotopic (exact) mass is 240 g/mol. The first-order chi connectivity index (χ1) is 8.25. The quantitative estimate of drug-likeness (QED) is 0.770. The molecule has 0 aromatic carbocycles. The molecule has 2 heterocycles. The third-order valence-electron chi connectivity index (χ3n) is 4.32. The van der Waals surface area contributed by atoms with Crippen LogP contribution in [0.4, 0.5) is 0 Å². The second kappa shape index (κ2) is 6.72. The van der Waals surface area contributed by atoms with Crippen molar-refractivity contribution in [1.82, 2.24) is 10.6 Å². The molecule has 3 atom stereocenters. The first-order valence-corrected chi connectivity index (χ1v) is 7.33. The molecule has 100 valence electrons. The van der Waals surface area contributed by atoms with E-state index in [0.717, 1.165) is 25.2 Å². The van der Waals surface area contributed by atoms with Gasteiger partial charge in [-0.15, -0.1) is 0 Å². The number of ether oxygens (including phenoxy) is 1. The normalized spacial score (nSPS) is 30.4. The maximum Gasteiger partial charge on any atom is 0.0469 e. The van der Waals surface area contributed by atoms with E-state index >= 15 is 0 Å². The maximum absolute atomic E-state index is 5.42. The molecule has 0 aromatic rings. The summed E-state index contributed by atoms with van der Waals surface area (Å²) in [6.07, 6.45) is 6.43. The second-order valence-electron chi connectivity index (χ2n) is 5.84. The van der Waals surface area contributed by atoms with Crippen molar-refractivity contribution in [2.75, 3.05) is 19.8 Å². The molecule has 0 amide bonds. The Morgan fingerprint density at radius 1 is 1.24 bits per heavy atom. The van der Waals surface area contributed by atoms with Gasteiger partial charge in [0.15, 0.2) is 0 Å². The Hall–Kier alpha value is -0.120. The van der Waals surface area contributed by atoms with Crippen molar-refractivity contribution >= 4 is 0 Å². The summed E-state index contributed by atoms with van der Waals surface area (Å²) in [4.78, 5) is 0. The molecule has 0 aromatic heterocycles. The van der Waals surface area contributed by atoms with Crippen LogP contribution < -0.4 is 10.6 Å². The molecule has 2 rings (SSSR count). The third-order valence-corrected chi connectivity index (χ3v) is 4.32. The van der Waals surface area contributed by atoms with Crippen LogP contribution in [-0.2, 0) is 4.74 Å². The molecule has 0 saturated carbocycles. The van der Waals surface area contributed by atoms with E-state index < -0.39 is 0 Å². The standard InChI is InChI=1S/C14H28N2O/c1-11(10-14-4-3-7-15-14)16-12(2)13-5-8-17-9-6-13/h11-16H,3-10H2,1-2H3. The van der Waals surface area contributed by atoms with Gasteiger partial charge < -0.3 is 15.4 Å². The van der Waals surface area contributed by atoms with Crippen LogP contribution in [0.25, 0.3) is 0 Å². The molecule has 2 saturated heterocycles. The first kappa shape index (κ1) is 13.3. The predicted molar refractivity (Wildman–Crippen MR) is 71.2 cm³/mol. The topological polar surface area (TPSA) is 33.3 Å². The van der Waals surface area contributed by atoms with Gasteiger partial charge in [0, 0.05) is 31.3 Å². The molecular weight excluding hydrogens is 212 g/mol. The van der Waals surface area contributed by atoms with Crippen LogP contribution in [0.2, 0.25) is 0 Å². The summed E-state index contributed by atoms with van der Waals surface area (Å²) >= 11 is 0. The summed E-state index contributed by atoms with van der Waals surface area (Å²) in [5, 5.41) is 7.36. The molecule has 3 nitrogen and oxygen atoms in total. The summed E-state index contributed by atoms with van der Waals surface area (Å²) in [6, 6.07) is 2.01. The molecule has 3 heteroatoms. The molecule has 2 fully saturated rings. The van der Waals surface area contributed by atoms with Gasteiger partial charge in [-0.3, -0.25) is 0 Å². The lowest BCUT2D eigenvalue weighted by atomic mass is 9.92. The highest BCUT2D eigenvalue weighted by Crippen LogP contribution is 2.19. The molecule has 0 radical (unpaired) electrons. The minimum Gasteiger partial charge on any atom is -0.381 e. The highest BCUT2D eigenvalue weighted by molar-refractivity contribution is 4.82. The van der Waals surface area contributed by atoms with Crippen molar-refractivity contribution in [2.24, 2.45) is 5.92 Å². The fourth-order valence-corrected chi connectivity index (χ4v) is 3.25. The van der Waals surface area contributed by atoms with Crippen LogP contribution in [0.5, 0.6) is 0 Å². The van der Waals surface area contributed by atoms with Gasteiger partial charge in [-0.25, -0.2) is 0 Å². The van der Waals surface area contributed by atoms with E-state index in [-0.39, 0.29) is 0 Å². The van der Waals surface area contributed by atoms with Gasteiger partial charge in [-0.05, 0) is 58.4 Å². The lowest BCUT2D eigenvalue weighted by Gasteiger charge is -2.31. The van der Waals surface area contributed by atoms with Crippen molar-refractivity contribution in [1.29, 1.82) is 0 Å². The largest absolute Gasteiger partial charge is 0.381 e. The SMILES string of the molecule is CC(CC1CCCN1)NC(C)C1CCOCC1. The second-order valence-corrected chi connectivity index (χ2v) is 5.84. The van der Waals surface area contributed by atoms with Gasteiger partial charge in [0.2, 0.25) is 0 Å². The fraction of sp³-hybridized carbons (Fsp3) is 1.00. The highest BCUT2D eigenvalue weighted by atomic mass is 16.5. The van der Waals surface area contributed by atoms with E-state index in [9.17, 15) is 0 Å². The van der Waals surface area contributed by atoms with Crippen LogP contribution >= 0.6 is 0 Å². The highest BCUT2D eigenvalue weighted by Gasteiger charge is 2.23. The fourth-order valence-electron chi connectivity index (χ4n) is 3.25. The minimum absolute atomic E-state index is 0.628. The summed E-state index contributed by atoms with van der Waals surface area (Å²) in [6.45, 7) is 7.79. The molecule has 0 aliphatic carbocycles. The van der Waals surface area contributed by atoms with E-state index in [1.54, 1.807) is 0 Å². The van der Waals surface area contributed by atoms with E-state index in [0.29, 0.717) is 12.1 Å². The molecular formula is C14H28N2O. The average molecular weight is 240 g/mol. The average Bonchev–Trinajstić information content (AvgIpc) is 2.82. The van der Waals surface area contributed by atoms with Crippen LogP contribution in [0, 0.1) is 5.92 Å². The van der Waals surface area contributed by atoms with E-state index in [1.807, 2.05) is 0 Å². The molecule has 2 aliphatic heterocycles. The summed E-state index contributed by atoms with van der Waals surface area (Å²) in [5.41, 5.74) is 0. The maximum atomic E-state index is 5.42. The number of rotatable bonds is 5. The zero-order valence-electron chi connectivity index (χ0n) is 11.4. The van der Waals surface area contributed by atoms with Gasteiger partial charge >= 0.3 is 0 Å². The minimum atomic E-state index is 0.628. The number of hydrogen-bond donors (Lipinski definition) is 2. The summed E-state index contributed by atoms with van der Waals surface area (Å²) in [5.74, 6) is 0.808. The van der Waals surface area contributed by atoms with Crippen molar-refractivity contribution in [2.45, 2.75) is 64.1 Å². The van der Waals surface area contributed by atoms with Crippen molar-refractivity contribution in [3.8, 4) is 0 Å². The molecule has 2 N–H and O–H groups in total. The number of hydrogen-bond acceptors (Lipinski definition) is 3. The Labute approximate surface area is 106 Å². The number of nitrogens with one attached hydrogen (secondary N) is 2. The van der Waals surface area contributed by atoms with E-state index in [1.165, 1.54) is 38.6 Å². The van der Waals surface area contributed by atoms with Gasteiger partial charge in [0.1, 0.15) is 0 Å². The Balaban J connectivity index is 1.67. The summed E-state index contributed by atoms with van der Waals surface area (Å²) in [7, 11) is 0. The Bertz CT molecular complexity index is 210. The third kappa shape index (κ3) is 4.23. The molecule has 3 unspecified atom stereocenters. The Morgan fingerprint density at radius 2 is 2.00 bits per heavy atom. The zero-order valence-corrected chi connectivity index (χ0v) is 11.4. The van der Waals surface area contributed by atoms with Gasteiger partial charge in [0.05, 0.1) is 0 Å². The van der Waals surface area contributed by atoms with Crippen molar-refractivity contribution in [3.63, 3.8) is 0 Å². The lowest BCUT2D eigenvalue weighted by molar-refractivity contribution is 0.0544. The van der Waals surface area contributed by atoms with Gasteiger partial charge in [-0.1, -0.05) is 0 Å². The summed E-state index contributed by atoms with van der Waals surface area (Å²) < 4.78 is 5.42. The Morgan fingerprint density at radius 3 is 2.65 bits per heavy atom. The van der Waals surface area contributed by atoms with Crippen LogP contribution in [0.15, 0.2) is 0 Å². The van der Waals surface area contributed by atoms with Crippen molar-refractivity contribution < 1.29 is 4.74 Å². The molecule has 0 bridgehead atoms. The first-order valence-electron chi connectivity index (χ1n) is 7.33. The van der Waals surface area contributed by atoms with Gasteiger partial charge in [-0.2, -0.15) is 0 Å². The van der Waals surface area contributed by atoms with Crippen LogP contribution in [0.3, 0.4) is 0 Å². The van der Waals surface area contributed by atoms with Crippen LogP contribution in [0.1, 0.15) is 46.0 Å². The molecule has 2 aliphatic rings. The van der Waals surface area contributed by atoms with Gasteiger partial charge in [0.25, 0.3) is 0 Å². The Kier molecular flexibility index (Phi) is 5.26. The molecule has 0 spiro atoms. The zero-order chi connectivity index (χ0) is 12.1. The lowest BCUT2D eigenvalue weighted by Crippen LogP contribution is -2.43. The van der Waals surface area contributed by atoms with Crippen molar-refractivity contribution in [3.05, 3.63) is 0 Å². The predicted octanol–water partition coefficient (Wildman–Crippen LogP) is 1.92. The van der Waals surface area contributed by atoms with E-state index in [4.69, 9.17) is 4.74 Å². The van der Waals surface area contributed by atoms with Crippen LogP contribution in [-0.4, -0.2) is 37.9 Å².